The minimum atomic E-state index is 0.00566. The average Bonchev–Trinajstić information content (AvgIpc) is 3.50. The SMILES string of the molecule is CC(c1ccccc1)N1CCC(NC(=O)c2ccc(SCc3cn4ccccc4n3)cc2)C1. The van der Waals surface area contributed by atoms with Crippen molar-refractivity contribution in [3.8, 4) is 0 Å². The van der Waals surface area contributed by atoms with Gasteiger partial charge >= 0.3 is 0 Å². The molecule has 6 heteroatoms. The molecule has 3 heterocycles. The van der Waals surface area contributed by atoms with Gasteiger partial charge in [0.2, 0.25) is 0 Å². The zero-order chi connectivity index (χ0) is 22.6. The van der Waals surface area contributed by atoms with Gasteiger partial charge in [-0.05, 0) is 55.3 Å². The van der Waals surface area contributed by atoms with E-state index in [1.54, 1.807) is 11.8 Å². The van der Waals surface area contributed by atoms with Crippen molar-refractivity contribution in [2.24, 2.45) is 0 Å². The molecule has 0 saturated carbocycles. The number of thioether (sulfide) groups is 1. The van der Waals surface area contributed by atoms with Gasteiger partial charge in [-0.15, -0.1) is 11.8 Å². The Hall–Kier alpha value is -3.09. The summed E-state index contributed by atoms with van der Waals surface area (Å²) < 4.78 is 2.04. The number of aromatic nitrogens is 2. The number of fused-ring (bicyclic) bond motifs is 1. The van der Waals surface area contributed by atoms with Crippen LogP contribution in [0.2, 0.25) is 0 Å². The molecule has 5 rings (SSSR count). The Morgan fingerprint density at radius 2 is 1.88 bits per heavy atom. The van der Waals surface area contributed by atoms with Crippen LogP contribution >= 0.6 is 11.8 Å². The van der Waals surface area contributed by atoms with E-state index < -0.39 is 0 Å². The summed E-state index contributed by atoms with van der Waals surface area (Å²) in [6.45, 7) is 4.12. The van der Waals surface area contributed by atoms with E-state index in [0.717, 1.165) is 41.5 Å². The van der Waals surface area contributed by atoms with Crippen LogP contribution < -0.4 is 5.32 Å². The van der Waals surface area contributed by atoms with Crippen molar-refractivity contribution >= 4 is 23.3 Å². The largest absolute Gasteiger partial charge is 0.348 e. The summed E-state index contributed by atoms with van der Waals surface area (Å²) in [6, 6.07) is 25.0. The maximum atomic E-state index is 12.8. The molecule has 2 atom stereocenters. The molecule has 1 N–H and O–H groups in total. The van der Waals surface area contributed by atoms with Crippen molar-refractivity contribution in [1.29, 1.82) is 0 Å². The number of imidazole rings is 1. The van der Waals surface area contributed by atoms with E-state index in [9.17, 15) is 4.79 Å². The summed E-state index contributed by atoms with van der Waals surface area (Å²) in [4.78, 5) is 21.0. The lowest BCUT2D eigenvalue weighted by atomic mass is 10.1. The third kappa shape index (κ3) is 5.13. The van der Waals surface area contributed by atoms with Crippen molar-refractivity contribution in [2.45, 2.75) is 36.1 Å². The van der Waals surface area contributed by atoms with E-state index in [4.69, 9.17) is 0 Å². The van der Waals surface area contributed by atoms with Crippen molar-refractivity contribution in [3.05, 3.63) is 102 Å². The van der Waals surface area contributed by atoms with Crippen LogP contribution in [0.4, 0.5) is 0 Å². The highest BCUT2D eigenvalue weighted by atomic mass is 32.2. The fourth-order valence-corrected chi connectivity index (χ4v) is 5.17. The van der Waals surface area contributed by atoms with Gasteiger partial charge in [-0.3, -0.25) is 9.69 Å². The fourth-order valence-electron chi connectivity index (χ4n) is 4.38. The van der Waals surface area contributed by atoms with Gasteiger partial charge in [-0.1, -0.05) is 36.4 Å². The molecule has 1 amide bonds. The van der Waals surface area contributed by atoms with Crippen LogP contribution in [-0.4, -0.2) is 39.3 Å². The zero-order valence-corrected chi connectivity index (χ0v) is 19.5. The standard InChI is InChI=1S/C27H28N4OS/c1-20(21-7-3-2-4-8-21)30-16-14-23(17-30)29-27(32)22-10-12-25(13-11-22)33-19-24-18-31-15-6-5-9-26(31)28-24/h2-13,15,18,20,23H,14,16-17,19H2,1H3,(H,29,32). The molecule has 0 radical (unpaired) electrons. The highest BCUT2D eigenvalue weighted by Gasteiger charge is 2.27. The number of benzene rings is 2. The minimum Gasteiger partial charge on any atom is -0.348 e. The second-order valence-corrected chi connectivity index (χ2v) is 9.60. The van der Waals surface area contributed by atoms with Crippen molar-refractivity contribution in [1.82, 2.24) is 19.6 Å². The van der Waals surface area contributed by atoms with E-state index in [1.165, 1.54) is 5.56 Å². The third-order valence-electron chi connectivity index (χ3n) is 6.30. The molecule has 0 aliphatic carbocycles. The van der Waals surface area contributed by atoms with Crippen LogP contribution in [0.1, 0.15) is 41.0 Å². The van der Waals surface area contributed by atoms with Gasteiger partial charge in [-0.2, -0.15) is 0 Å². The monoisotopic (exact) mass is 456 g/mol. The number of likely N-dealkylation sites (tertiary alicyclic amines) is 1. The first-order valence-electron chi connectivity index (χ1n) is 11.4. The summed E-state index contributed by atoms with van der Waals surface area (Å²) in [5.41, 5.74) is 4.04. The van der Waals surface area contributed by atoms with Crippen molar-refractivity contribution < 1.29 is 4.79 Å². The Balaban J connectivity index is 1.13. The molecular weight excluding hydrogens is 428 g/mol. The Kier molecular flexibility index (Phi) is 6.46. The Labute approximate surface area is 198 Å². The fraction of sp³-hybridized carbons (Fsp3) is 0.259. The van der Waals surface area contributed by atoms with E-state index in [2.05, 4.69) is 52.6 Å². The number of nitrogens with one attached hydrogen (secondary N) is 1. The number of rotatable bonds is 7. The van der Waals surface area contributed by atoms with E-state index in [0.29, 0.717) is 11.6 Å². The second-order valence-electron chi connectivity index (χ2n) is 8.55. The van der Waals surface area contributed by atoms with Crippen molar-refractivity contribution in [3.63, 3.8) is 0 Å². The molecule has 5 nitrogen and oxygen atoms in total. The summed E-state index contributed by atoms with van der Waals surface area (Å²) in [7, 11) is 0. The first-order valence-corrected chi connectivity index (χ1v) is 12.4. The first kappa shape index (κ1) is 21.7. The summed E-state index contributed by atoms with van der Waals surface area (Å²) in [6.07, 6.45) is 5.05. The quantitative estimate of drug-likeness (QED) is 0.389. The van der Waals surface area contributed by atoms with Gasteiger partial charge in [0.1, 0.15) is 5.65 Å². The van der Waals surface area contributed by atoms with Crippen LogP contribution in [0.25, 0.3) is 5.65 Å². The molecular formula is C27H28N4OS. The molecule has 0 bridgehead atoms. The average molecular weight is 457 g/mol. The van der Waals surface area contributed by atoms with Gasteiger partial charge in [0.25, 0.3) is 5.91 Å². The molecule has 2 aromatic carbocycles. The molecule has 168 valence electrons. The Bertz CT molecular complexity index is 1190. The lowest BCUT2D eigenvalue weighted by Gasteiger charge is -2.24. The molecule has 1 saturated heterocycles. The van der Waals surface area contributed by atoms with Crippen LogP contribution in [-0.2, 0) is 5.75 Å². The molecule has 0 spiro atoms. The van der Waals surface area contributed by atoms with Crippen molar-refractivity contribution in [2.75, 3.05) is 13.1 Å². The van der Waals surface area contributed by atoms with Gasteiger partial charge in [0.15, 0.2) is 0 Å². The van der Waals surface area contributed by atoms with Crippen LogP contribution in [0, 0.1) is 0 Å². The lowest BCUT2D eigenvalue weighted by molar-refractivity contribution is 0.0936. The highest BCUT2D eigenvalue weighted by Crippen LogP contribution is 2.25. The number of hydrogen-bond donors (Lipinski definition) is 1. The second kappa shape index (κ2) is 9.81. The minimum absolute atomic E-state index is 0.00566. The highest BCUT2D eigenvalue weighted by molar-refractivity contribution is 7.98. The number of carbonyl (C=O) groups excluding carboxylic acids is 1. The molecule has 1 aliphatic rings. The van der Waals surface area contributed by atoms with Gasteiger partial charge in [-0.25, -0.2) is 4.98 Å². The lowest BCUT2D eigenvalue weighted by Crippen LogP contribution is -2.37. The first-order chi connectivity index (χ1) is 16.2. The Morgan fingerprint density at radius 3 is 2.67 bits per heavy atom. The molecule has 2 aromatic heterocycles. The maximum Gasteiger partial charge on any atom is 0.251 e. The Morgan fingerprint density at radius 1 is 1.09 bits per heavy atom. The number of carbonyl (C=O) groups is 1. The summed E-state index contributed by atoms with van der Waals surface area (Å²) in [5, 5.41) is 3.22. The number of hydrogen-bond acceptors (Lipinski definition) is 4. The number of pyridine rings is 1. The van der Waals surface area contributed by atoms with Crippen LogP contribution in [0.5, 0.6) is 0 Å². The van der Waals surface area contributed by atoms with Gasteiger partial charge in [0.05, 0.1) is 5.69 Å². The maximum absolute atomic E-state index is 12.8. The molecule has 1 aliphatic heterocycles. The zero-order valence-electron chi connectivity index (χ0n) is 18.7. The third-order valence-corrected chi connectivity index (χ3v) is 7.35. The normalized spacial score (nSPS) is 17.3. The van der Waals surface area contributed by atoms with Gasteiger partial charge < -0.3 is 9.72 Å². The summed E-state index contributed by atoms with van der Waals surface area (Å²) in [5.74, 6) is 0.802. The van der Waals surface area contributed by atoms with E-state index in [-0.39, 0.29) is 11.9 Å². The van der Waals surface area contributed by atoms with Crippen LogP contribution in [0.15, 0.2) is 90.1 Å². The topological polar surface area (TPSA) is 49.6 Å². The van der Waals surface area contributed by atoms with E-state index in [1.807, 2.05) is 59.1 Å². The van der Waals surface area contributed by atoms with E-state index >= 15 is 0 Å². The number of amides is 1. The summed E-state index contributed by atoms with van der Waals surface area (Å²) >= 11 is 1.73. The molecule has 2 unspecified atom stereocenters. The predicted octanol–water partition coefficient (Wildman–Crippen LogP) is 5.19. The van der Waals surface area contributed by atoms with Crippen LogP contribution in [0.3, 0.4) is 0 Å². The predicted molar refractivity (Wildman–Crippen MR) is 133 cm³/mol. The number of nitrogens with zero attached hydrogens (tertiary/aromatic N) is 3. The van der Waals surface area contributed by atoms with Gasteiger partial charge in [0, 0.05) is 53.8 Å². The molecule has 1 fully saturated rings. The molecule has 33 heavy (non-hydrogen) atoms. The molecule has 4 aromatic rings. The smallest absolute Gasteiger partial charge is 0.251 e.